The first-order chi connectivity index (χ1) is 3.63. The third-order valence-electron chi connectivity index (χ3n) is 0.405. The molecule has 0 bridgehead atoms. The van der Waals surface area contributed by atoms with Crippen LogP contribution in [-0.4, -0.2) is 24.3 Å². The molecular weight excluding hydrogens is 129 g/mol. The third kappa shape index (κ3) is 5.53. The van der Waals surface area contributed by atoms with E-state index in [9.17, 15) is 9.69 Å². The van der Waals surface area contributed by atoms with Gasteiger partial charge in [-0.3, -0.25) is 4.79 Å². The molecule has 0 aliphatic rings. The van der Waals surface area contributed by atoms with Crippen LogP contribution in [0, 0.1) is 0 Å². The Morgan fingerprint density at radius 2 is 2.50 bits per heavy atom. The van der Waals surface area contributed by atoms with Crippen LogP contribution in [0.1, 0.15) is 0 Å². The zero-order valence-corrected chi connectivity index (χ0v) is 5.26. The number of carbonyl (C=O) groups is 1. The van der Waals surface area contributed by atoms with E-state index in [1.54, 1.807) is 0 Å². The van der Waals surface area contributed by atoms with E-state index in [0.29, 0.717) is 0 Å². The maximum atomic E-state index is 10.1. The van der Waals surface area contributed by atoms with Crippen LogP contribution in [0.5, 0.6) is 0 Å². The fourth-order valence-corrected chi connectivity index (χ4v) is 0.480. The summed E-state index contributed by atoms with van der Waals surface area (Å²) in [6.45, 7) is 1.00. The Morgan fingerprint density at radius 1 is 2.00 bits per heavy atom. The first-order valence-electron chi connectivity index (χ1n) is 1.93. The molecule has 8 heavy (non-hydrogen) atoms. The molecule has 1 unspecified atom stereocenters. The zero-order valence-electron chi connectivity index (χ0n) is 4.37. The summed E-state index contributed by atoms with van der Waals surface area (Å²) in [4.78, 5) is 19.7. The maximum absolute atomic E-state index is 10.1. The molecule has 0 spiro atoms. The summed E-state index contributed by atoms with van der Waals surface area (Å²) < 4.78 is 3.23. The van der Waals surface area contributed by atoms with Gasteiger partial charge in [0.1, 0.15) is 6.66 Å². The average Bonchev–Trinajstić information content (AvgIpc) is 1.61. The second kappa shape index (κ2) is 3.52. The smallest absolute Gasteiger partial charge is 0.329 e. The van der Waals surface area contributed by atoms with Crippen LogP contribution in [0.4, 0.5) is 0 Å². The van der Waals surface area contributed by atoms with Gasteiger partial charge in [0.2, 0.25) is 0 Å². The molecule has 0 aromatic rings. The molecular formula is C3H6NO3P. The van der Waals surface area contributed by atoms with Gasteiger partial charge in [-0.25, -0.2) is 0 Å². The average molecular weight is 135 g/mol. The van der Waals surface area contributed by atoms with E-state index in [0.717, 1.165) is 0 Å². The highest BCUT2D eigenvalue weighted by Gasteiger charge is 1.93. The Balaban J connectivity index is 3.45. The Hall–Kier alpha value is -0.470. The summed E-state index contributed by atoms with van der Waals surface area (Å²) in [5.74, 6) is -1.05. The van der Waals surface area contributed by atoms with Gasteiger partial charge in [0.25, 0.3) is 0 Å². The minimum atomic E-state index is -1.64. The predicted octanol–water partition coefficient (Wildman–Crippen LogP) is -0.358. The van der Waals surface area contributed by atoms with E-state index in [1.165, 1.54) is 6.66 Å². The van der Waals surface area contributed by atoms with Gasteiger partial charge in [0.15, 0.2) is 14.5 Å². The Morgan fingerprint density at radius 3 is 2.62 bits per heavy atom. The van der Waals surface area contributed by atoms with E-state index in [4.69, 9.17) is 5.11 Å². The molecule has 1 atom stereocenters. The molecule has 5 heteroatoms. The van der Waals surface area contributed by atoms with Gasteiger partial charge in [-0.05, 0) is 0 Å². The Bertz CT molecular complexity index is 118. The molecule has 0 saturated carbocycles. The van der Waals surface area contributed by atoms with Crippen LogP contribution in [-0.2, 0) is 4.79 Å². The van der Waals surface area contributed by atoms with Crippen LogP contribution in [0.15, 0.2) is 4.74 Å². The highest BCUT2D eigenvalue weighted by Crippen LogP contribution is 2.03. The molecule has 0 saturated heterocycles. The largest absolute Gasteiger partial charge is 0.612 e. The predicted molar refractivity (Wildman–Crippen MR) is 27.8 cm³/mol. The number of rotatable bonds is 2. The van der Waals surface area contributed by atoms with Crippen molar-refractivity contribution in [3.05, 3.63) is 0 Å². The number of hydrogen-bond acceptors (Lipinski definition) is 3. The number of aliphatic carboxylic acids is 1. The minimum absolute atomic E-state index is 0.355. The summed E-state index contributed by atoms with van der Waals surface area (Å²) >= 11 is 0. The van der Waals surface area contributed by atoms with Gasteiger partial charge in [-0.1, -0.05) is 0 Å². The van der Waals surface area contributed by atoms with Crippen molar-refractivity contribution < 1.29 is 14.8 Å². The molecule has 0 aromatic heterocycles. The highest BCUT2D eigenvalue weighted by molar-refractivity contribution is 7.38. The molecule has 0 aromatic carbocycles. The quantitative estimate of drug-likeness (QED) is 0.525. The van der Waals surface area contributed by atoms with Crippen molar-refractivity contribution in [2.24, 2.45) is 4.74 Å². The van der Waals surface area contributed by atoms with Crippen LogP contribution >= 0.6 is 7.94 Å². The molecule has 1 N–H and O–H groups in total. The van der Waals surface area contributed by atoms with Crippen LogP contribution in [0.25, 0.3) is 0 Å². The summed E-state index contributed by atoms with van der Waals surface area (Å²) in [6, 6.07) is 0. The molecule has 0 aliphatic carbocycles. The van der Waals surface area contributed by atoms with Crippen molar-refractivity contribution in [2.75, 3.05) is 13.2 Å². The number of carboxylic acids is 1. The second-order valence-electron chi connectivity index (χ2n) is 1.16. The standard InChI is InChI=1S/C3H6NO3P/c1-8(7)4-2-3(5)6/h2H2,1H3,(H,5,6). The Kier molecular flexibility index (Phi) is 3.31. The lowest BCUT2D eigenvalue weighted by Crippen LogP contribution is -1.98. The normalized spacial score (nSPS) is 11.5. The lowest BCUT2D eigenvalue weighted by atomic mass is 10.7. The number of hydrogen-bond donors (Lipinski definition) is 1. The van der Waals surface area contributed by atoms with Crippen molar-refractivity contribution in [3.8, 4) is 0 Å². The van der Waals surface area contributed by atoms with E-state index in [2.05, 4.69) is 4.74 Å². The maximum Gasteiger partial charge on any atom is 0.329 e. The van der Waals surface area contributed by atoms with Crippen LogP contribution in [0.2, 0.25) is 0 Å². The molecule has 4 nitrogen and oxygen atoms in total. The topological polar surface area (TPSA) is 72.7 Å². The first-order valence-corrected chi connectivity index (χ1v) is 3.59. The van der Waals surface area contributed by atoms with Crippen molar-refractivity contribution in [1.29, 1.82) is 0 Å². The van der Waals surface area contributed by atoms with E-state index >= 15 is 0 Å². The molecule has 0 heterocycles. The molecule has 0 fully saturated rings. The molecule has 0 radical (unpaired) electrons. The molecule has 0 rings (SSSR count). The lowest BCUT2D eigenvalue weighted by molar-refractivity contribution is -0.154. The third-order valence-corrected chi connectivity index (χ3v) is 0.945. The fraction of sp³-hybridized carbons (Fsp3) is 0.667. The zero-order chi connectivity index (χ0) is 6.57. The van der Waals surface area contributed by atoms with E-state index in [1.807, 2.05) is 0 Å². The van der Waals surface area contributed by atoms with Gasteiger partial charge >= 0.3 is 5.97 Å². The molecule has 46 valence electrons. The summed E-state index contributed by atoms with van der Waals surface area (Å²) in [7, 11) is -1.64. The number of nitrogens with zero attached hydrogens (tertiary/aromatic N) is 1. The van der Waals surface area contributed by atoms with E-state index < -0.39 is 13.9 Å². The lowest BCUT2D eigenvalue weighted by Gasteiger charge is -1.82. The van der Waals surface area contributed by atoms with Crippen molar-refractivity contribution in [2.45, 2.75) is 0 Å². The molecule has 0 aliphatic heterocycles. The number of carboxylic acid groups (broad SMARTS) is 1. The minimum Gasteiger partial charge on any atom is -0.612 e. The van der Waals surface area contributed by atoms with Crippen molar-refractivity contribution in [3.63, 3.8) is 0 Å². The van der Waals surface area contributed by atoms with E-state index in [-0.39, 0.29) is 6.54 Å². The van der Waals surface area contributed by atoms with Crippen LogP contribution in [0.3, 0.4) is 0 Å². The van der Waals surface area contributed by atoms with Crippen molar-refractivity contribution >= 4 is 13.9 Å². The SMILES string of the molecule is C[P+]([O-])=NCC(=O)O. The highest BCUT2D eigenvalue weighted by atomic mass is 31.1. The van der Waals surface area contributed by atoms with Crippen molar-refractivity contribution in [1.82, 2.24) is 0 Å². The summed E-state index contributed by atoms with van der Waals surface area (Å²) in [6.07, 6.45) is 0. The van der Waals surface area contributed by atoms with Gasteiger partial charge in [-0.2, -0.15) is 0 Å². The second-order valence-corrected chi connectivity index (χ2v) is 2.37. The van der Waals surface area contributed by atoms with Gasteiger partial charge in [0.05, 0.1) is 0 Å². The Labute approximate surface area is 47.7 Å². The van der Waals surface area contributed by atoms with Gasteiger partial charge < -0.3 is 10.00 Å². The van der Waals surface area contributed by atoms with Gasteiger partial charge in [-0.15, -0.1) is 4.74 Å². The summed E-state index contributed by atoms with van der Waals surface area (Å²) in [5.41, 5.74) is 0. The van der Waals surface area contributed by atoms with Crippen LogP contribution < -0.4 is 4.89 Å². The summed E-state index contributed by atoms with van der Waals surface area (Å²) in [5, 5.41) is 7.94. The first kappa shape index (κ1) is 7.53. The molecule has 0 amide bonds. The monoisotopic (exact) mass is 135 g/mol. The van der Waals surface area contributed by atoms with Gasteiger partial charge in [0, 0.05) is 0 Å². The fourth-order valence-electron chi connectivity index (χ4n) is 0.160.